The summed E-state index contributed by atoms with van der Waals surface area (Å²) in [7, 11) is 0. The number of aliphatic hydroxyl groups is 7. The zero-order valence-electron chi connectivity index (χ0n) is 39.7. The highest BCUT2D eigenvalue weighted by Crippen LogP contribution is 2.26. The summed E-state index contributed by atoms with van der Waals surface area (Å²) in [5, 5.41) is 72.0. The van der Waals surface area contributed by atoms with Crippen molar-refractivity contribution < 1.29 is 69.0 Å². The number of hydrogen-bond acceptors (Lipinski definition) is 14. The first-order valence-electron chi connectivity index (χ1n) is 24.9. The van der Waals surface area contributed by atoms with Gasteiger partial charge in [-0.25, -0.2) is 0 Å². The number of unbranched alkanes of at least 4 members (excludes halogenated alkanes) is 15. The van der Waals surface area contributed by atoms with E-state index < -0.39 is 86.7 Å². The minimum Gasteiger partial charge on any atom is -0.457 e. The third-order valence-electron chi connectivity index (χ3n) is 11.6. The molecule has 0 aromatic carbocycles. The van der Waals surface area contributed by atoms with Crippen LogP contribution in [0.15, 0.2) is 60.8 Å². The van der Waals surface area contributed by atoms with Gasteiger partial charge in [-0.15, -0.1) is 0 Å². The molecule has 14 heteroatoms. The molecule has 2 aliphatic rings. The van der Waals surface area contributed by atoms with Gasteiger partial charge in [-0.2, -0.15) is 0 Å². The maximum Gasteiger partial charge on any atom is 0.310 e. The molecule has 2 rings (SSSR count). The Balaban J connectivity index is 1.82. The lowest BCUT2D eigenvalue weighted by Crippen LogP contribution is -2.61. The number of hydrogen-bond donors (Lipinski definition) is 7. The molecular formula is C51H88O14. The molecular weight excluding hydrogens is 837 g/mol. The minimum atomic E-state index is -1.72. The molecule has 14 nitrogen and oxygen atoms in total. The van der Waals surface area contributed by atoms with Crippen LogP contribution < -0.4 is 0 Å². The molecule has 7 N–H and O–H groups in total. The Hall–Kier alpha value is -2.31. The maximum absolute atomic E-state index is 12.9. The first-order valence-corrected chi connectivity index (χ1v) is 24.9. The molecule has 0 aliphatic carbocycles. The van der Waals surface area contributed by atoms with Crippen molar-refractivity contribution in [3.63, 3.8) is 0 Å². The molecule has 2 heterocycles. The van der Waals surface area contributed by atoms with Crippen molar-refractivity contribution in [2.24, 2.45) is 0 Å². The van der Waals surface area contributed by atoms with Crippen molar-refractivity contribution in [1.29, 1.82) is 0 Å². The van der Waals surface area contributed by atoms with Gasteiger partial charge in [0.05, 0.1) is 32.8 Å². The molecule has 2 aliphatic heterocycles. The summed E-state index contributed by atoms with van der Waals surface area (Å²) < 4.78 is 34.1. The highest BCUT2D eigenvalue weighted by molar-refractivity contribution is 5.71. The summed E-state index contributed by atoms with van der Waals surface area (Å²) in [6, 6.07) is 0. The maximum atomic E-state index is 12.9. The summed E-state index contributed by atoms with van der Waals surface area (Å²) >= 11 is 0. The highest BCUT2D eigenvalue weighted by Gasteiger charge is 2.47. The Kier molecular flexibility index (Phi) is 35.0. The van der Waals surface area contributed by atoms with Gasteiger partial charge in [0.2, 0.25) is 0 Å². The van der Waals surface area contributed by atoms with Crippen LogP contribution in [0.5, 0.6) is 0 Å². The fourth-order valence-electron chi connectivity index (χ4n) is 7.54. The molecule has 2 fully saturated rings. The fourth-order valence-corrected chi connectivity index (χ4v) is 7.54. The molecule has 2 saturated heterocycles. The smallest absolute Gasteiger partial charge is 0.310 e. The van der Waals surface area contributed by atoms with Crippen molar-refractivity contribution in [2.75, 3.05) is 33.0 Å². The third kappa shape index (κ3) is 26.7. The SMILES string of the molecule is CC/C=C\C/C=C\C/C=C\C/C=C\C/C=C\CC(=O)OC(COCCCCCCCCCCCCCCCCCC)COC1OC(COC2OC(CO)C(O)C(O)C2O)C(O)C(O)C1O. The predicted molar refractivity (Wildman–Crippen MR) is 252 cm³/mol. The van der Waals surface area contributed by atoms with Crippen molar-refractivity contribution in [3.05, 3.63) is 60.8 Å². The van der Waals surface area contributed by atoms with Crippen LogP contribution in [0.4, 0.5) is 0 Å². The molecule has 65 heavy (non-hydrogen) atoms. The predicted octanol–water partition coefficient (Wildman–Crippen LogP) is 6.96. The molecule has 0 spiro atoms. The van der Waals surface area contributed by atoms with Gasteiger partial charge in [-0.05, 0) is 38.5 Å². The fraction of sp³-hybridized carbons (Fsp3) is 0.784. The molecule has 0 aromatic heterocycles. The van der Waals surface area contributed by atoms with Gasteiger partial charge in [0.25, 0.3) is 0 Å². The van der Waals surface area contributed by atoms with Crippen molar-refractivity contribution >= 4 is 5.97 Å². The first-order chi connectivity index (χ1) is 31.6. The van der Waals surface area contributed by atoms with Gasteiger partial charge in [0, 0.05) is 6.61 Å². The van der Waals surface area contributed by atoms with E-state index in [9.17, 15) is 40.5 Å². The Labute approximate surface area is 390 Å². The number of allylic oxidation sites excluding steroid dienone is 9. The number of carbonyl (C=O) groups is 1. The summed E-state index contributed by atoms with van der Waals surface area (Å²) in [5.74, 6) is -0.502. The van der Waals surface area contributed by atoms with Crippen LogP contribution in [0.3, 0.4) is 0 Å². The van der Waals surface area contributed by atoms with Crippen molar-refractivity contribution in [3.8, 4) is 0 Å². The van der Waals surface area contributed by atoms with E-state index >= 15 is 0 Å². The molecule has 0 radical (unpaired) electrons. The van der Waals surface area contributed by atoms with E-state index in [2.05, 4.69) is 56.4 Å². The van der Waals surface area contributed by atoms with Gasteiger partial charge in [0.1, 0.15) is 54.9 Å². The number of rotatable bonds is 38. The lowest BCUT2D eigenvalue weighted by Gasteiger charge is -2.42. The lowest BCUT2D eigenvalue weighted by atomic mass is 9.98. The average molecular weight is 925 g/mol. The van der Waals surface area contributed by atoms with Crippen LogP contribution in [0.2, 0.25) is 0 Å². The van der Waals surface area contributed by atoms with Crippen LogP contribution in [-0.4, -0.2) is 142 Å². The van der Waals surface area contributed by atoms with E-state index in [1.54, 1.807) is 6.08 Å². The third-order valence-corrected chi connectivity index (χ3v) is 11.6. The Bertz CT molecular complexity index is 1300. The quantitative estimate of drug-likeness (QED) is 0.0190. The number of ether oxygens (including phenoxy) is 6. The number of carbonyl (C=O) groups excluding carboxylic acids is 1. The molecule has 11 atom stereocenters. The first kappa shape index (κ1) is 58.8. The summed E-state index contributed by atoms with van der Waals surface area (Å²) in [6.45, 7) is 3.44. The molecule has 0 aromatic rings. The molecule has 0 bridgehead atoms. The second-order valence-corrected chi connectivity index (χ2v) is 17.3. The van der Waals surface area contributed by atoms with Crippen LogP contribution in [0, 0.1) is 0 Å². The highest BCUT2D eigenvalue weighted by atomic mass is 16.7. The minimum absolute atomic E-state index is 0.0216. The van der Waals surface area contributed by atoms with E-state index in [0.717, 1.165) is 44.9 Å². The second kappa shape index (κ2) is 38.6. The Morgan fingerprint density at radius 2 is 0.938 bits per heavy atom. The largest absolute Gasteiger partial charge is 0.457 e. The molecule has 0 amide bonds. The van der Waals surface area contributed by atoms with Crippen LogP contribution in [-0.2, 0) is 33.2 Å². The van der Waals surface area contributed by atoms with Crippen LogP contribution >= 0.6 is 0 Å². The Morgan fingerprint density at radius 1 is 0.508 bits per heavy atom. The second-order valence-electron chi connectivity index (χ2n) is 17.3. The normalized spacial score (nSPS) is 27.0. The van der Waals surface area contributed by atoms with Crippen LogP contribution in [0.1, 0.15) is 155 Å². The summed E-state index contributed by atoms with van der Waals surface area (Å²) in [6.07, 6.45) is 28.9. The van der Waals surface area contributed by atoms with Gasteiger partial charge >= 0.3 is 5.97 Å². The van der Waals surface area contributed by atoms with Gasteiger partial charge in [-0.3, -0.25) is 4.79 Å². The van der Waals surface area contributed by atoms with Crippen molar-refractivity contribution in [1.82, 2.24) is 0 Å². The van der Waals surface area contributed by atoms with Gasteiger partial charge < -0.3 is 64.2 Å². The number of aliphatic hydroxyl groups excluding tert-OH is 7. The van der Waals surface area contributed by atoms with Crippen LogP contribution in [0.25, 0.3) is 0 Å². The van der Waals surface area contributed by atoms with Gasteiger partial charge in [-0.1, -0.05) is 171 Å². The lowest BCUT2D eigenvalue weighted by molar-refractivity contribution is -0.332. The summed E-state index contributed by atoms with van der Waals surface area (Å²) in [5.41, 5.74) is 0. The zero-order valence-corrected chi connectivity index (χ0v) is 39.7. The van der Waals surface area contributed by atoms with E-state index in [1.807, 2.05) is 12.2 Å². The topological polar surface area (TPSA) is 214 Å². The molecule has 11 unspecified atom stereocenters. The van der Waals surface area contributed by atoms with E-state index in [4.69, 9.17) is 28.4 Å². The average Bonchev–Trinajstić information content (AvgIpc) is 3.30. The van der Waals surface area contributed by atoms with E-state index in [0.29, 0.717) is 13.0 Å². The number of esters is 1. The van der Waals surface area contributed by atoms with E-state index in [1.165, 1.54) is 83.5 Å². The standard InChI is InChI=1S/C51H88O14/c1-3-5-7-9-11-13-15-17-19-21-23-25-27-29-31-33-35-60-37-40(63-43(53)34-32-30-28-26-24-22-20-18-16-14-12-10-8-6-4-2)38-61-50-49(59)47(57)45(55)42(65-50)39-62-51-48(58)46(56)44(54)41(36-52)64-51/h6,8,12,14,18,20,24,26,30,32,40-42,44-52,54-59H,3-5,7,9-11,13,15-17,19,21-23,25,27-29,31,33-39H2,1-2H3/b8-6-,14-12-,20-18-,26-24-,32-30-. The van der Waals surface area contributed by atoms with Crippen molar-refractivity contribution in [2.45, 2.75) is 223 Å². The zero-order chi connectivity index (χ0) is 47.3. The molecule has 376 valence electrons. The summed E-state index contributed by atoms with van der Waals surface area (Å²) in [4.78, 5) is 12.9. The Morgan fingerprint density at radius 3 is 1.43 bits per heavy atom. The monoisotopic (exact) mass is 925 g/mol. The van der Waals surface area contributed by atoms with E-state index in [-0.39, 0.29) is 19.6 Å². The molecule has 0 saturated carbocycles. The van der Waals surface area contributed by atoms with Gasteiger partial charge in [0.15, 0.2) is 12.6 Å².